The normalized spacial score (nSPS) is 22.8. The predicted octanol–water partition coefficient (Wildman–Crippen LogP) is 1.23. The van der Waals surface area contributed by atoms with E-state index < -0.39 is 0 Å². The zero-order valence-corrected chi connectivity index (χ0v) is 7.08. The number of hydrogen-bond donors (Lipinski definition) is 0. The van der Waals surface area contributed by atoms with Crippen LogP contribution in [0.3, 0.4) is 0 Å². The molecule has 3 nitrogen and oxygen atoms in total. The molecule has 0 spiro atoms. The first-order valence-electron chi connectivity index (χ1n) is 4.05. The number of carbonyl (C=O) groups excluding carboxylic acids is 2. The van der Waals surface area contributed by atoms with E-state index in [0.29, 0.717) is 0 Å². The lowest BCUT2D eigenvalue weighted by atomic mass is 9.98. The first kappa shape index (κ1) is 8.97. The highest BCUT2D eigenvalue weighted by Crippen LogP contribution is 2.18. The summed E-state index contributed by atoms with van der Waals surface area (Å²) in [5, 5.41) is 0. The maximum Gasteiger partial charge on any atom is 0.303 e. The summed E-state index contributed by atoms with van der Waals surface area (Å²) < 4.78 is 4.95. The van der Waals surface area contributed by atoms with E-state index in [1.165, 1.54) is 6.92 Å². The van der Waals surface area contributed by atoms with Crippen LogP contribution in [-0.2, 0) is 14.3 Å². The second kappa shape index (κ2) is 4.04. The maximum absolute atomic E-state index is 10.6. The van der Waals surface area contributed by atoms with Crippen molar-refractivity contribution in [1.82, 2.24) is 0 Å². The van der Waals surface area contributed by atoms with E-state index >= 15 is 0 Å². The molecule has 1 atom stereocenters. The van der Waals surface area contributed by atoms with E-state index in [9.17, 15) is 9.59 Å². The third-order valence-electron chi connectivity index (χ3n) is 1.82. The van der Waals surface area contributed by atoms with Gasteiger partial charge in [-0.25, -0.2) is 0 Å². The molecule has 1 aliphatic rings. The van der Waals surface area contributed by atoms with Crippen LogP contribution in [-0.4, -0.2) is 18.4 Å². The number of rotatable bonds is 2. The largest absolute Gasteiger partial charge is 0.458 e. The molecular formula is C9H12O3. The standard InChI is InChI=1S/C9H12O3/c1-7(11)12-9-4-2-3-8(5-9)6-10/h5-6,9H,2-4H2,1H3. The molecule has 0 fully saturated rings. The van der Waals surface area contributed by atoms with E-state index in [0.717, 1.165) is 31.1 Å². The van der Waals surface area contributed by atoms with Gasteiger partial charge < -0.3 is 4.74 Å². The number of hydrogen-bond acceptors (Lipinski definition) is 3. The highest BCUT2D eigenvalue weighted by molar-refractivity contribution is 5.74. The number of esters is 1. The summed E-state index contributed by atoms with van der Waals surface area (Å²) in [6.07, 6.45) is 4.94. The number of carbonyl (C=O) groups is 2. The second-order valence-corrected chi connectivity index (χ2v) is 2.90. The minimum absolute atomic E-state index is 0.184. The Morgan fingerprint density at radius 1 is 1.75 bits per heavy atom. The van der Waals surface area contributed by atoms with Crippen LogP contribution in [0.15, 0.2) is 11.6 Å². The van der Waals surface area contributed by atoms with Crippen LogP contribution in [0.25, 0.3) is 0 Å². The monoisotopic (exact) mass is 168 g/mol. The van der Waals surface area contributed by atoms with Crippen LogP contribution in [0.4, 0.5) is 0 Å². The Labute approximate surface area is 71.4 Å². The fraction of sp³-hybridized carbons (Fsp3) is 0.556. The summed E-state index contributed by atoms with van der Waals surface area (Å²) in [6, 6.07) is 0. The van der Waals surface area contributed by atoms with Crippen molar-refractivity contribution in [3.63, 3.8) is 0 Å². The Morgan fingerprint density at radius 3 is 3.08 bits per heavy atom. The molecule has 0 saturated carbocycles. The fourth-order valence-electron chi connectivity index (χ4n) is 1.32. The highest BCUT2D eigenvalue weighted by Gasteiger charge is 2.14. The number of allylic oxidation sites excluding steroid dienone is 1. The molecule has 0 radical (unpaired) electrons. The molecular weight excluding hydrogens is 156 g/mol. The van der Waals surface area contributed by atoms with Gasteiger partial charge in [0, 0.05) is 6.92 Å². The first-order chi connectivity index (χ1) is 5.72. The minimum atomic E-state index is -0.289. The number of aldehydes is 1. The Hall–Kier alpha value is -1.12. The number of ether oxygens (including phenoxy) is 1. The SMILES string of the molecule is CC(=O)OC1C=C(C=O)CCC1. The van der Waals surface area contributed by atoms with Crippen molar-refractivity contribution in [3.05, 3.63) is 11.6 Å². The summed E-state index contributed by atoms with van der Waals surface area (Å²) >= 11 is 0. The fourth-order valence-corrected chi connectivity index (χ4v) is 1.32. The zero-order chi connectivity index (χ0) is 8.97. The minimum Gasteiger partial charge on any atom is -0.458 e. The summed E-state index contributed by atoms with van der Waals surface area (Å²) in [5.41, 5.74) is 0.743. The molecule has 0 amide bonds. The van der Waals surface area contributed by atoms with Crippen LogP contribution in [0, 0.1) is 0 Å². The second-order valence-electron chi connectivity index (χ2n) is 2.90. The first-order valence-corrected chi connectivity index (χ1v) is 4.05. The van der Waals surface area contributed by atoms with Crippen LogP contribution in [0.1, 0.15) is 26.2 Å². The molecule has 3 heteroatoms. The van der Waals surface area contributed by atoms with Gasteiger partial charge in [-0.05, 0) is 30.9 Å². The van der Waals surface area contributed by atoms with E-state index in [4.69, 9.17) is 4.74 Å². The van der Waals surface area contributed by atoms with Crippen molar-refractivity contribution in [1.29, 1.82) is 0 Å². The molecule has 0 aromatic carbocycles. The molecule has 1 unspecified atom stereocenters. The van der Waals surface area contributed by atoms with Gasteiger partial charge in [0.25, 0.3) is 0 Å². The van der Waals surface area contributed by atoms with Gasteiger partial charge in [-0.2, -0.15) is 0 Å². The molecule has 0 aromatic rings. The summed E-state index contributed by atoms with van der Waals surface area (Å²) in [4.78, 5) is 20.9. The summed E-state index contributed by atoms with van der Waals surface area (Å²) in [6.45, 7) is 1.38. The molecule has 0 bridgehead atoms. The van der Waals surface area contributed by atoms with Gasteiger partial charge in [-0.1, -0.05) is 0 Å². The molecule has 66 valence electrons. The van der Waals surface area contributed by atoms with Crippen LogP contribution >= 0.6 is 0 Å². The van der Waals surface area contributed by atoms with Crippen molar-refractivity contribution in [2.24, 2.45) is 0 Å². The summed E-state index contributed by atoms with van der Waals surface area (Å²) in [7, 11) is 0. The smallest absolute Gasteiger partial charge is 0.303 e. The zero-order valence-electron chi connectivity index (χ0n) is 7.08. The molecule has 0 saturated heterocycles. The lowest BCUT2D eigenvalue weighted by Gasteiger charge is -2.18. The molecule has 0 aromatic heterocycles. The molecule has 12 heavy (non-hydrogen) atoms. The maximum atomic E-state index is 10.6. The highest BCUT2D eigenvalue weighted by atomic mass is 16.5. The van der Waals surface area contributed by atoms with Crippen LogP contribution in [0.5, 0.6) is 0 Å². The van der Waals surface area contributed by atoms with Crippen molar-refractivity contribution >= 4 is 12.3 Å². The van der Waals surface area contributed by atoms with Gasteiger partial charge in [0.1, 0.15) is 12.4 Å². The average molecular weight is 168 g/mol. The van der Waals surface area contributed by atoms with E-state index in [2.05, 4.69) is 0 Å². The topological polar surface area (TPSA) is 43.4 Å². The Morgan fingerprint density at radius 2 is 2.50 bits per heavy atom. The third-order valence-corrected chi connectivity index (χ3v) is 1.82. The van der Waals surface area contributed by atoms with Crippen molar-refractivity contribution < 1.29 is 14.3 Å². The van der Waals surface area contributed by atoms with Crippen molar-refractivity contribution in [2.75, 3.05) is 0 Å². The van der Waals surface area contributed by atoms with E-state index in [1.807, 2.05) is 0 Å². The third kappa shape index (κ3) is 2.49. The quantitative estimate of drug-likeness (QED) is 0.460. The molecule has 1 rings (SSSR count). The lowest BCUT2D eigenvalue weighted by Crippen LogP contribution is -2.17. The molecule has 0 aliphatic heterocycles. The van der Waals surface area contributed by atoms with Crippen LogP contribution in [0.2, 0.25) is 0 Å². The average Bonchev–Trinajstić information content (AvgIpc) is 2.03. The van der Waals surface area contributed by atoms with E-state index in [-0.39, 0.29) is 12.1 Å². The van der Waals surface area contributed by atoms with E-state index in [1.54, 1.807) is 6.08 Å². The van der Waals surface area contributed by atoms with Crippen molar-refractivity contribution in [3.8, 4) is 0 Å². The Bertz CT molecular complexity index is 218. The van der Waals surface area contributed by atoms with Gasteiger partial charge in [0.15, 0.2) is 0 Å². The van der Waals surface area contributed by atoms with Crippen LogP contribution < -0.4 is 0 Å². The van der Waals surface area contributed by atoms with Crippen molar-refractivity contribution in [2.45, 2.75) is 32.3 Å². The molecule has 0 heterocycles. The Kier molecular flexibility index (Phi) is 3.02. The predicted molar refractivity (Wildman–Crippen MR) is 43.6 cm³/mol. The van der Waals surface area contributed by atoms with Gasteiger partial charge in [-0.3, -0.25) is 9.59 Å². The summed E-state index contributed by atoms with van der Waals surface area (Å²) in [5.74, 6) is -0.289. The van der Waals surface area contributed by atoms with Gasteiger partial charge in [0.05, 0.1) is 0 Å². The lowest BCUT2D eigenvalue weighted by molar-refractivity contribution is -0.144. The molecule has 1 aliphatic carbocycles. The van der Waals surface area contributed by atoms with Gasteiger partial charge in [-0.15, -0.1) is 0 Å². The Balaban J connectivity index is 2.54. The molecule has 0 N–H and O–H groups in total. The van der Waals surface area contributed by atoms with Gasteiger partial charge in [0.2, 0.25) is 0 Å². The van der Waals surface area contributed by atoms with Gasteiger partial charge >= 0.3 is 5.97 Å².